The molecule has 20 heavy (non-hydrogen) atoms. The standard InChI is InChI=1S/C18H30O2/c1-4-5-6-7-8-9-11-18(3)12-10-15-14(2)17(19)20-16(15)13-18/h13-15H,4-12H2,1-3H3. The molecule has 0 spiro atoms. The number of hydrogen-bond acceptors (Lipinski definition) is 2. The van der Waals surface area contributed by atoms with E-state index in [2.05, 4.69) is 19.9 Å². The summed E-state index contributed by atoms with van der Waals surface area (Å²) >= 11 is 0. The van der Waals surface area contributed by atoms with Crippen molar-refractivity contribution < 1.29 is 9.53 Å². The third-order valence-corrected chi connectivity index (χ3v) is 5.18. The maximum atomic E-state index is 11.6. The molecule has 2 heteroatoms. The Labute approximate surface area is 124 Å². The van der Waals surface area contributed by atoms with Crippen LogP contribution in [0.4, 0.5) is 0 Å². The van der Waals surface area contributed by atoms with Crippen LogP contribution in [0.1, 0.15) is 78.6 Å². The van der Waals surface area contributed by atoms with E-state index in [0.29, 0.717) is 5.92 Å². The number of esters is 1. The Kier molecular flexibility index (Phi) is 5.29. The summed E-state index contributed by atoms with van der Waals surface area (Å²) in [6.45, 7) is 6.60. The second kappa shape index (κ2) is 6.78. The molecule has 0 amide bonds. The Balaban J connectivity index is 1.80. The van der Waals surface area contributed by atoms with Crippen LogP contribution in [0.2, 0.25) is 0 Å². The van der Waals surface area contributed by atoms with Crippen molar-refractivity contribution in [2.24, 2.45) is 17.3 Å². The summed E-state index contributed by atoms with van der Waals surface area (Å²) in [6, 6.07) is 0. The van der Waals surface area contributed by atoms with Crippen molar-refractivity contribution >= 4 is 5.97 Å². The maximum Gasteiger partial charge on any atom is 0.314 e. The average Bonchev–Trinajstić information content (AvgIpc) is 2.68. The minimum atomic E-state index is -0.0231. The summed E-state index contributed by atoms with van der Waals surface area (Å²) in [4.78, 5) is 11.6. The highest BCUT2D eigenvalue weighted by Crippen LogP contribution is 2.46. The van der Waals surface area contributed by atoms with Crippen LogP contribution in [0, 0.1) is 17.3 Å². The van der Waals surface area contributed by atoms with Gasteiger partial charge in [-0.15, -0.1) is 0 Å². The van der Waals surface area contributed by atoms with E-state index in [1.807, 2.05) is 6.92 Å². The van der Waals surface area contributed by atoms with Gasteiger partial charge in [-0.25, -0.2) is 0 Å². The molecule has 114 valence electrons. The molecule has 0 aromatic heterocycles. The maximum absolute atomic E-state index is 11.6. The number of hydrogen-bond donors (Lipinski definition) is 0. The zero-order chi connectivity index (χ0) is 14.6. The Morgan fingerprint density at radius 3 is 2.70 bits per heavy atom. The van der Waals surface area contributed by atoms with Crippen LogP contribution in [-0.4, -0.2) is 5.97 Å². The van der Waals surface area contributed by atoms with E-state index >= 15 is 0 Å². The van der Waals surface area contributed by atoms with Gasteiger partial charge in [0.15, 0.2) is 0 Å². The SMILES string of the molecule is CCCCCCCCC1(C)C=C2OC(=O)C(C)C2CC1. The highest BCUT2D eigenvalue weighted by Gasteiger charge is 2.42. The molecule has 1 aliphatic heterocycles. The van der Waals surface area contributed by atoms with E-state index in [-0.39, 0.29) is 17.3 Å². The first kappa shape index (κ1) is 15.6. The summed E-state index contributed by atoms with van der Waals surface area (Å²) in [6.07, 6.45) is 13.9. The van der Waals surface area contributed by atoms with Gasteiger partial charge in [0.25, 0.3) is 0 Å². The van der Waals surface area contributed by atoms with Crippen LogP contribution in [0.25, 0.3) is 0 Å². The van der Waals surface area contributed by atoms with Crippen LogP contribution >= 0.6 is 0 Å². The Hall–Kier alpha value is -0.790. The van der Waals surface area contributed by atoms with E-state index < -0.39 is 0 Å². The fraction of sp³-hybridized carbons (Fsp3) is 0.833. The molecule has 2 nitrogen and oxygen atoms in total. The zero-order valence-corrected chi connectivity index (χ0v) is 13.4. The molecule has 1 saturated heterocycles. The van der Waals surface area contributed by atoms with Gasteiger partial charge in [-0.3, -0.25) is 4.79 Å². The summed E-state index contributed by atoms with van der Waals surface area (Å²) < 4.78 is 5.45. The van der Waals surface area contributed by atoms with Crippen LogP contribution in [-0.2, 0) is 9.53 Å². The monoisotopic (exact) mass is 278 g/mol. The van der Waals surface area contributed by atoms with Crippen molar-refractivity contribution in [2.75, 3.05) is 0 Å². The lowest BCUT2D eigenvalue weighted by Crippen LogP contribution is -2.23. The largest absolute Gasteiger partial charge is 0.431 e. The molecule has 0 aromatic carbocycles. The Bertz CT molecular complexity index is 372. The first-order valence-electron chi connectivity index (χ1n) is 8.50. The lowest BCUT2D eigenvalue weighted by Gasteiger charge is -2.33. The number of unbranched alkanes of at least 4 members (excludes halogenated alkanes) is 5. The van der Waals surface area contributed by atoms with E-state index in [4.69, 9.17) is 4.74 Å². The van der Waals surface area contributed by atoms with E-state index in [1.165, 1.54) is 51.4 Å². The number of ether oxygens (including phenoxy) is 1. The molecule has 1 aliphatic carbocycles. The highest BCUT2D eigenvalue weighted by molar-refractivity contribution is 5.77. The van der Waals surface area contributed by atoms with Gasteiger partial charge in [-0.2, -0.15) is 0 Å². The molecule has 0 N–H and O–H groups in total. The van der Waals surface area contributed by atoms with Crippen LogP contribution < -0.4 is 0 Å². The first-order chi connectivity index (χ1) is 9.56. The van der Waals surface area contributed by atoms with Crippen LogP contribution in [0.3, 0.4) is 0 Å². The van der Waals surface area contributed by atoms with Crippen molar-refractivity contribution in [1.29, 1.82) is 0 Å². The summed E-state index contributed by atoms with van der Waals surface area (Å²) in [7, 11) is 0. The molecule has 1 fully saturated rings. The predicted octanol–water partition coefficient (Wildman–Crippen LogP) is 5.23. The lowest BCUT2D eigenvalue weighted by atomic mass is 9.71. The van der Waals surface area contributed by atoms with Gasteiger partial charge in [-0.1, -0.05) is 59.3 Å². The van der Waals surface area contributed by atoms with Crippen molar-refractivity contribution in [3.8, 4) is 0 Å². The molecular formula is C18H30O2. The second-order valence-electron chi connectivity index (χ2n) is 7.07. The number of carbonyl (C=O) groups is 1. The molecule has 0 radical (unpaired) electrons. The minimum absolute atomic E-state index is 0.0231. The number of fused-ring (bicyclic) bond motifs is 1. The number of allylic oxidation sites excluding steroid dienone is 2. The fourth-order valence-corrected chi connectivity index (χ4v) is 3.63. The highest BCUT2D eigenvalue weighted by atomic mass is 16.5. The summed E-state index contributed by atoms with van der Waals surface area (Å²) in [5.41, 5.74) is 0.251. The minimum Gasteiger partial charge on any atom is -0.431 e. The van der Waals surface area contributed by atoms with Crippen molar-refractivity contribution in [3.63, 3.8) is 0 Å². The molecule has 2 rings (SSSR count). The van der Waals surface area contributed by atoms with Gasteiger partial charge in [-0.05, 0) is 30.8 Å². The quantitative estimate of drug-likeness (QED) is 0.471. The smallest absolute Gasteiger partial charge is 0.314 e. The zero-order valence-electron chi connectivity index (χ0n) is 13.4. The predicted molar refractivity (Wildman–Crippen MR) is 82.2 cm³/mol. The molecule has 0 saturated carbocycles. The molecule has 0 bridgehead atoms. The van der Waals surface area contributed by atoms with Gasteiger partial charge in [0.1, 0.15) is 5.76 Å². The van der Waals surface area contributed by atoms with Gasteiger partial charge < -0.3 is 4.74 Å². The van der Waals surface area contributed by atoms with E-state index in [1.54, 1.807) is 0 Å². The summed E-state index contributed by atoms with van der Waals surface area (Å²) in [5.74, 6) is 1.38. The van der Waals surface area contributed by atoms with Crippen molar-refractivity contribution in [3.05, 3.63) is 11.8 Å². The number of carbonyl (C=O) groups excluding carboxylic acids is 1. The fourth-order valence-electron chi connectivity index (χ4n) is 3.63. The van der Waals surface area contributed by atoms with Crippen molar-refractivity contribution in [1.82, 2.24) is 0 Å². The summed E-state index contributed by atoms with van der Waals surface area (Å²) in [5, 5.41) is 0. The first-order valence-corrected chi connectivity index (χ1v) is 8.50. The van der Waals surface area contributed by atoms with Crippen molar-refractivity contribution in [2.45, 2.75) is 78.6 Å². The van der Waals surface area contributed by atoms with Gasteiger partial charge in [0, 0.05) is 5.92 Å². The molecule has 3 atom stereocenters. The van der Waals surface area contributed by atoms with E-state index in [9.17, 15) is 4.79 Å². The van der Waals surface area contributed by atoms with Gasteiger partial charge >= 0.3 is 5.97 Å². The Morgan fingerprint density at radius 1 is 1.25 bits per heavy atom. The lowest BCUT2D eigenvalue weighted by molar-refractivity contribution is -0.138. The van der Waals surface area contributed by atoms with Gasteiger partial charge in [0.2, 0.25) is 0 Å². The number of rotatable bonds is 7. The normalized spacial score (nSPS) is 32.8. The Morgan fingerprint density at radius 2 is 1.95 bits per heavy atom. The third-order valence-electron chi connectivity index (χ3n) is 5.18. The molecule has 2 aliphatic rings. The molecular weight excluding hydrogens is 248 g/mol. The molecule has 1 heterocycles. The average molecular weight is 278 g/mol. The molecule has 3 unspecified atom stereocenters. The second-order valence-corrected chi connectivity index (χ2v) is 7.07. The van der Waals surface area contributed by atoms with Crippen LogP contribution in [0.5, 0.6) is 0 Å². The van der Waals surface area contributed by atoms with Crippen LogP contribution in [0.15, 0.2) is 11.8 Å². The molecule has 0 aromatic rings. The van der Waals surface area contributed by atoms with E-state index in [0.717, 1.165) is 12.2 Å². The topological polar surface area (TPSA) is 26.3 Å². The third kappa shape index (κ3) is 3.65. The van der Waals surface area contributed by atoms with Gasteiger partial charge in [0.05, 0.1) is 5.92 Å².